The number of carbonyl (C=O) groups excluding carboxylic acids is 2. The number of benzene rings is 1. The Hall–Kier alpha value is -1.88. The van der Waals surface area contributed by atoms with E-state index in [-0.39, 0.29) is 0 Å². The van der Waals surface area contributed by atoms with Gasteiger partial charge in [0.25, 0.3) is 0 Å². The highest BCUT2D eigenvalue weighted by atomic mass is 16.6. The fraction of sp³-hybridized carbons (Fsp3) is 0.385. The third-order valence-electron chi connectivity index (χ3n) is 2.66. The lowest BCUT2D eigenvalue weighted by Crippen LogP contribution is -2.24. The molecule has 1 aliphatic heterocycles. The summed E-state index contributed by atoms with van der Waals surface area (Å²) in [7, 11) is 0. The lowest BCUT2D eigenvalue weighted by atomic mass is 10.0. The van der Waals surface area contributed by atoms with E-state index in [4.69, 9.17) is 9.47 Å². The number of rotatable bonds is 2. The topological polar surface area (TPSA) is 64.6 Å². The average molecular weight is 249 g/mol. The quantitative estimate of drug-likeness (QED) is 0.630. The van der Waals surface area contributed by atoms with Gasteiger partial charge in [0.05, 0.1) is 0 Å². The van der Waals surface area contributed by atoms with Crippen molar-refractivity contribution in [3.05, 3.63) is 23.3 Å². The molecule has 2 rings (SSSR count). The van der Waals surface area contributed by atoms with Gasteiger partial charge in [-0.25, -0.2) is 0 Å². The minimum absolute atomic E-state index is 0.292. The highest BCUT2D eigenvalue weighted by Crippen LogP contribution is 2.32. The summed E-state index contributed by atoms with van der Waals surface area (Å²) in [5, 5.41) is 3.23. The maximum atomic E-state index is 11.0. The van der Waals surface area contributed by atoms with Gasteiger partial charge < -0.3 is 14.8 Å². The monoisotopic (exact) mass is 249 g/mol. The Morgan fingerprint density at radius 2 is 1.61 bits per heavy atom. The summed E-state index contributed by atoms with van der Waals surface area (Å²) in [6.45, 7) is 4.25. The molecule has 0 radical (unpaired) electrons. The molecular weight excluding hydrogens is 234 g/mol. The van der Waals surface area contributed by atoms with Crippen LogP contribution in [0.5, 0.6) is 11.5 Å². The molecule has 0 unspecified atom stereocenters. The lowest BCUT2D eigenvalue weighted by molar-refractivity contribution is -0.134. The van der Waals surface area contributed by atoms with Crippen molar-refractivity contribution < 1.29 is 19.1 Å². The van der Waals surface area contributed by atoms with E-state index in [0.717, 1.165) is 30.6 Å². The van der Waals surface area contributed by atoms with Gasteiger partial charge in [-0.1, -0.05) is 0 Å². The molecule has 0 saturated carbocycles. The summed E-state index contributed by atoms with van der Waals surface area (Å²) < 4.78 is 10.1. The summed E-state index contributed by atoms with van der Waals surface area (Å²) >= 11 is 0. The summed E-state index contributed by atoms with van der Waals surface area (Å²) in [4.78, 5) is 22.1. The molecular formula is C13H15NO4. The zero-order chi connectivity index (χ0) is 13.1. The number of fused-ring (bicyclic) bond motifs is 1. The molecule has 0 aliphatic carbocycles. The maximum absolute atomic E-state index is 11.0. The molecule has 5 heteroatoms. The average Bonchev–Trinajstić information content (AvgIpc) is 2.28. The second-order valence-corrected chi connectivity index (χ2v) is 4.18. The third-order valence-corrected chi connectivity index (χ3v) is 2.66. The summed E-state index contributed by atoms with van der Waals surface area (Å²) in [6.07, 6.45) is 0.865. The van der Waals surface area contributed by atoms with Crippen molar-refractivity contribution in [2.75, 3.05) is 6.54 Å². The van der Waals surface area contributed by atoms with Crippen LogP contribution in [-0.4, -0.2) is 18.5 Å². The second-order valence-electron chi connectivity index (χ2n) is 4.18. The third kappa shape index (κ3) is 2.87. The first-order chi connectivity index (χ1) is 8.56. The molecule has 1 N–H and O–H groups in total. The predicted molar refractivity (Wildman–Crippen MR) is 64.5 cm³/mol. The molecule has 1 aliphatic rings. The van der Waals surface area contributed by atoms with Crippen LogP contribution in [0.15, 0.2) is 12.1 Å². The van der Waals surface area contributed by atoms with Gasteiger partial charge in [0.15, 0.2) is 11.5 Å². The standard InChI is InChI=1S/C13H15NO4/c1-8(15)17-12-5-10-3-4-14-7-11(10)6-13(12)18-9(2)16/h5-6,14H,3-4,7H2,1-2H3. The summed E-state index contributed by atoms with van der Waals surface area (Å²) in [6, 6.07) is 3.52. The van der Waals surface area contributed by atoms with Crippen LogP contribution < -0.4 is 14.8 Å². The highest BCUT2D eigenvalue weighted by molar-refractivity contribution is 5.74. The molecule has 0 spiro atoms. The molecule has 1 heterocycles. The van der Waals surface area contributed by atoms with E-state index in [1.54, 1.807) is 12.1 Å². The minimum Gasteiger partial charge on any atom is -0.423 e. The van der Waals surface area contributed by atoms with Crippen LogP contribution in [-0.2, 0) is 22.6 Å². The minimum atomic E-state index is -0.438. The van der Waals surface area contributed by atoms with E-state index in [0.29, 0.717) is 11.5 Å². The Labute approximate surface area is 105 Å². The van der Waals surface area contributed by atoms with Crippen molar-refractivity contribution in [1.82, 2.24) is 5.32 Å². The van der Waals surface area contributed by atoms with Crippen LogP contribution in [0.3, 0.4) is 0 Å². The van der Waals surface area contributed by atoms with Crippen LogP contribution >= 0.6 is 0 Å². The first-order valence-electron chi connectivity index (χ1n) is 5.79. The van der Waals surface area contributed by atoms with E-state index < -0.39 is 11.9 Å². The van der Waals surface area contributed by atoms with Crippen molar-refractivity contribution in [2.24, 2.45) is 0 Å². The molecule has 0 aromatic heterocycles. The van der Waals surface area contributed by atoms with Crippen LogP contribution in [0.4, 0.5) is 0 Å². The molecule has 5 nitrogen and oxygen atoms in total. The molecule has 0 amide bonds. The first-order valence-corrected chi connectivity index (χ1v) is 5.79. The number of hydrogen-bond acceptors (Lipinski definition) is 5. The highest BCUT2D eigenvalue weighted by Gasteiger charge is 2.17. The van der Waals surface area contributed by atoms with E-state index in [2.05, 4.69) is 5.32 Å². The van der Waals surface area contributed by atoms with Crippen molar-refractivity contribution in [3.8, 4) is 11.5 Å². The van der Waals surface area contributed by atoms with E-state index in [1.807, 2.05) is 0 Å². The van der Waals surface area contributed by atoms with Crippen molar-refractivity contribution in [2.45, 2.75) is 26.8 Å². The zero-order valence-electron chi connectivity index (χ0n) is 10.4. The van der Waals surface area contributed by atoms with Gasteiger partial charge in [-0.05, 0) is 36.2 Å². The van der Waals surface area contributed by atoms with Gasteiger partial charge in [-0.15, -0.1) is 0 Å². The number of hydrogen-bond donors (Lipinski definition) is 1. The normalized spacial score (nSPS) is 13.7. The van der Waals surface area contributed by atoms with Gasteiger partial charge in [-0.3, -0.25) is 9.59 Å². The van der Waals surface area contributed by atoms with E-state index >= 15 is 0 Å². The predicted octanol–water partition coefficient (Wildman–Crippen LogP) is 1.18. The van der Waals surface area contributed by atoms with Gasteiger partial charge in [0.2, 0.25) is 0 Å². The largest absolute Gasteiger partial charge is 0.423 e. The first kappa shape index (κ1) is 12.6. The number of esters is 2. The summed E-state index contributed by atoms with van der Waals surface area (Å²) in [5.41, 5.74) is 2.18. The fourth-order valence-electron chi connectivity index (χ4n) is 1.96. The fourth-order valence-corrected chi connectivity index (χ4v) is 1.96. The Bertz CT molecular complexity index is 451. The van der Waals surface area contributed by atoms with Crippen LogP contribution in [0.2, 0.25) is 0 Å². The Morgan fingerprint density at radius 1 is 1.06 bits per heavy atom. The van der Waals surface area contributed by atoms with Crippen LogP contribution in [0, 0.1) is 0 Å². The van der Waals surface area contributed by atoms with Gasteiger partial charge in [0, 0.05) is 20.4 Å². The molecule has 0 atom stereocenters. The Morgan fingerprint density at radius 3 is 2.17 bits per heavy atom. The number of nitrogens with one attached hydrogen (secondary N) is 1. The zero-order valence-corrected chi connectivity index (χ0v) is 10.4. The van der Waals surface area contributed by atoms with E-state index in [1.165, 1.54) is 13.8 Å². The lowest BCUT2D eigenvalue weighted by Gasteiger charge is -2.19. The van der Waals surface area contributed by atoms with Crippen molar-refractivity contribution >= 4 is 11.9 Å². The van der Waals surface area contributed by atoms with Crippen LogP contribution in [0.25, 0.3) is 0 Å². The Kier molecular flexibility index (Phi) is 3.62. The van der Waals surface area contributed by atoms with Crippen molar-refractivity contribution in [3.63, 3.8) is 0 Å². The number of ether oxygens (including phenoxy) is 2. The Balaban J connectivity index is 2.40. The molecule has 1 aromatic carbocycles. The van der Waals surface area contributed by atoms with Gasteiger partial charge in [0.1, 0.15) is 0 Å². The van der Waals surface area contributed by atoms with E-state index in [9.17, 15) is 9.59 Å². The smallest absolute Gasteiger partial charge is 0.308 e. The number of carbonyl (C=O) groups is 2. The summed E-state index contributed by atoms with van der Waals surface area (Å²) in [5.74, 6) is -0.275. The molecule has 0 saturated heterocycles. The SMILES string of the molecule is CC(=O)Oc1cc2c(cc1OC(C)=O)CNCC2. The molecule has 0 fully saturated rings. The molecule has 0 bridgehead atoms. The van der Waals surface area contributed by atoms with Crippen molar-refractivity contribution in [1.29, 1.82) is 0 Å². The molecule has 96 valence electrons. The molecule has 18 heavy (non-hydrogen) atoms. The van der Waals surface area contributed by atoms with Gasteiger partial charge >= 0.3 is 11.9 Å². The van der Waals surface area contributed by atoms with Crippen LogP contribution in [0.1, 0.15) is 25.0 Å². The second kappa shape index (κ2) is 5.18. The van der Waals surface area contributed by atoms with Gasteiger partial charge in [-0.2, -0.15) is 0 Å². The maximum Gasteiger partial charge on any atom is 0.308 e. The molecule has 1 aromatic rings.